The molecule has 0 aliphatic rings. The highest BCUT2D eigenvalue weighted by Gasteiger charge is 2.23. The Bertz CT molecular complexity index is 1070. The van der Waals surface area contributed by atoms with Crippen molar-refractivity contribution in [1.82, 2.24) is 4.90 Å². The van der Waals surface area contributed by atoms with E-state index in [1.807, 2.05) is 69.3 Å². The fourth-order valence-corrected chi connectivity index (χ4v) is 3.20. The molecule has 0 fully saturated rings. The second-order valence-electron chi connectivity index (χ2n) is 8.64. The Labute approximate surface area is 194 Å². The lowest BCUT2D eigenvalue weighted by Crippen LogP contribution is -2.38. The Balaban J connectivity index is 1.69. The Morgan fingerprint density at radius 3 is 2.45 bits per heavy atom. The molecule has 1 heterocycles. The first-order chi connectivity index (χ1) is 15.7. The molecule has 0 saturated heterocycles. The Morgan fingerprint density at radius 2 is 1.76 bits per heavy atom. The van der Waals surface area contributed by atoms with Gasteiger partial charge in [-0.15, -0.1) is 0 Å². The van der Waals surface area contributed by atoms with Crippen LogP contribution in [0.25, 0.3) is 11.0 Å². The van der Waals surface area contributed by atoms with Crippen molar-refractivity contribution in [1.29, 1.82) is 0 Å². The van der Waals surface area contributed by atoms with Crippen molar-refractivity contribution in [2.24, 2.45) is 0 Å². The molecule has 1 amide bonds. The van der Waals surface area contributed by atoms with Gasteiger partial charge < -0.3 is 23.5 Å². The van der Waals surface area contributed by atoms with Crippen LogP contribution in [0.4, 0.5) is 4.79 Å². The number of furan rings is 1. The summed E-state index contributed by atoms with van der Waals surface area (Å²) in [5, 5.41) is 0.789. The third-order valence-corrected chi connectivity index (χ3v) is 4.70. The van der Waals surface area contributed by atoms with Crippen LogP contribution in [0.1, 0.15) is 49.4 Å². The van der Waals surface area contributed by atoms with Crippen molar-refractivity contribution < 1.29 is 28.2 Å². The molecule has 0 aliphatic heterocycles. The molecule has 0 spiro atoms. The van der Waals surface area contributed by atoms with Gasteiger partial charge in [-0.1, -0.05) is 42.5 Å². The van der Waals surface area contributed by atoms with Crippen LogP contribution in [0.3, 0.4) is 0 Å². The predicted octanol–water partition coefficient (Wildman–Crippen LogP) is 5.56. The number of carbonyl (C=O) groups excluding carboxylic acids is 2. The summed E-state index contributed by atoms with van der Waals surface area (Å²) in [6.45, 7) is 9.04. The number of nitrogens with zero attached hydrogens (tertiary/aromatic N) is 1. The highest BCUT2D eigenvalue weighted by molar-refractivity contribution is 5.92. The number of fused-ring (bicyclic) bond motifs is 1. The molecular weight excluding hydrogens is 422 g/mol. The normalized spacial score (nSPS) is 11.4. The summed E-state index contributed by atoms with van der Waals surface area (Å²) in [5.74, 6) is -0.344. The van der Waals surface area contributed by atoms with Gasteiger partial charge in [-0.2, -0.15) is 0 Å². The van der Waals surface area contributed by atoms with Crippen molar-refractivity contribution in [2.45, 2.75) is 46.4 Å². The zero-order valence-corrected chi connectivity index (χ0v) is 19.6. The molecule has 176 valence electrons. The number of benzene rings is 2. The Morgan fingerprint density at radius 1 is 1.00 bits per heavy atom. The van der Waals surface area contributed by atoms with E-state index in [0.29, 0.717) is 31.9 Å². The second-order valence-corrected chi connectivity index (χ2v) is 8.64. The topological polar surface area (TPSA) is 78.2 Å². The monoisotopic (exact) mass is 453 g/mol. The Kier molecular flexibility index (Phi) is 8.11. The van der Waals surface area contributed by atoms with Gasteiger partial charge >= 0.3 is 12.1 Å². The molecule has 2 aromatic carbocycles. The molecule has 7 nitrogen and oxygen atoms in total. The maximum atomic E-state index is 12.8. The summed E-state index contributed by atoms with van der Waals surface area (Å²) in [6, 6.07) is 17.1. The van der Waals surface area contributed by atoms with Crippen LogP contribution in [0.15, 0.2) is 59.0 Å². The maximum absolute atomic E-state index is 12.8. The van der Waals surface area contributed by atoms with E-state index in [1.165, 1.54) is 0 Å². The molecule has 0 unspecified atom stereocenters. The fraction of sp³-hybridized carbons (Fsp3) is 0.385. The van der Waals surface area contributed by atoms with Crippen molar-refractivity contribution in [3.63, 3.8) is 0 Å². The number of esters is 1. The van der Waals surface area contributed by atoms with Gasteiger partial charge in [0, 0.05) is 18.5 Å². The third kappa shape index (κ3) is 7.36. The van der Waals surface area contributed by atoms with Crippen molar-refractivity contribution in [3.8, 4) is 0 Å². The van der Waals surface area contributed by atoms with Crippen molar-refractivity contribution in [3.05, 3.63) is 71.5 Å². The smallest absolute Gasteiger partial charge is 0.410 e. The molecule has 33 heavy (non-hydrogen) atoms. The van der Waals surface area contributed by atoms with E-state index in [4.69, 9.17) is 18.6 Å². The third-order valence-electron chi connectivity index (χ3n) is 4.70. The molecule has 3 aromatic rings. The quantitative estimate of drug-likeness (QED) is 0.312. The van der Waals surface area contributed by atoms with E-state index in [2.05, 4.69) is 0 Å². The molecule has 0 radical (unpaired) electrons. The second kappa shape index (κ2) is 11.0. The minimum absolute atomic E-state index is 0.155. The van der Waals surface area contributed by atoms with Crippen LogP contribution in [-0.2, 0) is 27.4 Å². The number of ether oxygens (including phenoxy) is 3. The lowest BCUT2D eigenvalue weighted by atomic mass is 10.1. The number of rotatable bonds is 9. The van der Waals surface area contributed by atoms with Crippen LogP contribution in [0.5, 0.6) is 0 Å². The Hall–Kier alpha value is -3.32. The summed E-state index contributed by atoms with van der Waals surface area (Å²) in [7, 11) is 0. The summed E-state index contributed by atoms with van der Waals surface area (Å²) in [5.41, 5.74) is 1.86. The van der Waals surface area contributed by atoms with Crippen LogP contribution in [-0.4, -0.2) is 42.3 Å². The SMILES string of the molecule is CCOC(=O)c1cc2ccc(CN(CCOCc3ccccc3)C(=O)OC(C)(C)C)cc2o1. The summed E-state index contributed by atoms with van der Waals surface area (Å²) < 4.78 is 22.0. The zero-order chi connectivity index (χ0) is 23.8. The van der Waals surface area contributed by atoms with Crippen LogP contribution in [0.2, 0.25) is 0 Å². The van der Waals surface area contributed by atoms with E-state index in [1.54, 1.807) is 17.9 Å². The fourth-order valence-electron chi connectivity index (χ4n) is 3.20. The van der Waals surface area contributed by atoms with E-state index in [9.17, 15) is 9.59 Å². The summed E-state index contributed by atoms with van der Waals surface area (Å²) in [4.78, 5) is 26.4. The van der Waals surface area contributed by atoms with Gasteiger partial charge in [-0.25, -0.2) is 9.59 Å². The summed E-state index contributed by atoms with van der Waals surface area (Å²) in [6.07, 6.45) is -0.419. The van der Waals surface area contributed by atoms with Crippen LogP contribution >= 0.6 is 0 Å². The van der Waals surface area contributed by atoms with Crippen LogP contribution < -0.4 is 0 Å². The molecule has 7 heteroatoms. The average Bonchev–Trinajstić information content (AvgIpc) is 3.19. The first kappa shape index (κ1) is 24.3. The van der Waals surface area contributed by atoms with Gasteiger partial charge in [0.1, 0.15) is 11.2 Å². The van der Waals surface area contributed by atoms with Crippen molar-refractivity contribution in [2.75, 3.05) is 19.8 Å². The zero-order valence-electron chi connectivity index (χ0n) is 19.6. The van der Waals surface area contributed by atoms with Crippen LogP contribution in [0, 0.1) is 0 Å². The molecular formula is C26H31NO6. The van der Waals surface area contributed by atoms with E-state index in [-0.39, 0.29) is 12.4 Å². The van der Waals surface area contributed by atoms with E-state index >= 15 is 0 Å². The molecule has 0 aliphatic carbocycles. The summed E-state index contributed by atoms with van der Waals surface area (Å²) >= 11 is 0. The molecule has 0 N–H and O–H groups in total. The average molecular weight is 454 g/mol. The number of hydrogen-bond acceptors (Lipinski definition) is 6. The lowest BCUT2D eigenvalue weighted by Gasteiger charge is -2.27. The number of hydrogen-bond donors (Lipinski definition) is 0. The van der Waals surface area contributed by atoms with Gasteiger partial charge in [-0.3, -0.25) is 0 Å². The van der Waals surface area contributed by atoms with Gasteiger partial charge in [-0.05, 0) is 51.0 Å². The largest absolute Gasteiger partial charge is 0.460 e. The molecule has 1 aromatic heterocycles. The molecule has 0 bridgehead atoms. The van der Waals surface area contributed by atoms with E-state index < -0.39 is 17.7 Å². The number of amides is 1. The minimum Gasteiger partial charge on any atom is -0.460 e. The van der Waals surface area contributed by atoms with Crippen molar-refractivity contribution >= 4 is 23.0 Å². The lowest BCUT2D eigenvalue weighted by molar-refractivity contribution is 0.0145. The highest BCUT2D eigenvalue weighted by Crippen LogP contribution is 2.23. The van der Waals surface area contributed by atoms with E-state index in [0.717, 1.165) is 16.5 Å². The highest BCUT2D eigenvalue weighted by atomic mass is 16.6. The standard InChI is InChI=1S/C26H31NO6/c1-5-31-24(28)23-16-21-12-11-20(15-22(21)32-23)17-27(25(29)33-26(2,3)4)13-14-30-18-19-9-7-6-8-10-19/h6-12,15-16H,5,13-14,17-18H2,1-4H3. The number of carbonyl (C=O) groups is 2. The first-order valence-electron chi connectivity index (χ1n) is 11.0. The maximum Gasteiger partial charge on any atom is 0.410 e. The first-order valence-corrected chi connectivity index (χ1v) is 11.0. The van der Waals surface area contributed by atoms with Gasteiger partial charge in [0.2, 0.25) is 5.76 Å². The minimum atomic E-state index is -0.611. The molecule has 3 rings (SSSR count). The molecule has 0 atom stereocenters. The van der Waals surface area contributed by atoms with Gasteiger partial charge in [0.25, 0.3) is 0 Å². The van der Waals surface area contributed by atoms with Gasteiger partial charge in [0.15, 0.2) is 0 Å². The predicted molar refractivity (Wildman–Crippen MR) is 125 cm³/mol. The van der Waals surface area contributed by atoms with Gasteiger partial charge in [0.05, 0.1) is 19.8 Å². The molecule has 0 saturated carbocycles.